The zero-order valence-electron chi connectivity index (χ0n) is 17.4. The van der Waals surface area contributed by atoms with Gasteiger partial charge >= 0.3 is 6.09 Å². The van der Waals surface area contributed by atoms with Gasteiger partial charge in [0.05, 0.1) is 23.7 Å². The van der Waals surface area contributed by atoms with Gasteiger partial charge in [-0.05, 0) is 46.1 Å². The van der Waals surface area contributed by atoms with Crippen molar-refractivity contribution in [3.05, 3.63) is 33.5 Å². The van der Waals surface area contributed by atoms with E-state index in [0.717, 1.165) is 19.3 Å². The van der Waals surface area contributed by atoms with Gasteiger partial charge in [0, 0.05) is 19.2 Å². The molecule has 0 aromatic carbocycles. The first-order valence-corrected chi connectivity index (χ1v) is 10.6. The number of hydrogen-bond acceptors (Lipinski definition) is 6. The summed E-state index contributed by atoms with van der Waals surface area (Å²) >= 11 is 6.07. The lowest BCUT2D eigenvalue weighted by Gasteiger charge is -2.28. The molecule has 2 aromatic rings. The lowest BCUT2D eigenvalue weighted by atomic mass is 10.1. The van der Waals surface area contributed by atoms with Crippen LogP contribution in [0.3, 0.4) is 0 Å². The Labute approximate surface area is 179 Å². The van der Waals surface area contributed by atoms with Gasteiger partial charge in [-0.1, -0.05) is 11.6 Å². The average molecular weight is 439 g/mol. The van der Waals surface area contributed by atoms with Gasteiger partial charge in [0.1, 0.15) is 11.1 Å². The molecule has 0 spiro atoms. The monoisotopic (exact) mass is 438 g/mol. The van der Waals surface area contributed by atoms with Crippen LogP contribution < -0.4 is 5.56 Å². The summed E-state index contributed by atoms with van der Waals surface area (Å²) in [5.74, 6) is 0.362. The van der Waals surface area contributed by atoms with Crippen LogP contribution in [0.25, 0.3) is 5.52 Å². The second-order valence-corrected chi connectivity index (χ2v) is 9.14. The number of H-pyrrole nitrogens is 1. The highest BCUT2D eigenvalue weighted by Crippen LogP contribution is 2.34. The number of aromatic nitrogens is 3. The van der Waals surface area contributed by atoms with Crippen molar-refractivity contribution >= 4 is 23.2 Å². The highest BCUT2D eigenvalue weighted by Gasteiger charge is 2.41. The summed E-state index contributed by atoms with van der Waals surface area (Å²) in [5.41, 5.74) is -0.740. The third-order valence-electron chi connectivity index (χ3n) is 5.18. The molecule has 4 rings (SSSR count). The van der Waals surface area contributed by atoms with Crippen molar-refractivity contribution in [3.8, 4) is 0 Å². The fraction of sp³-hybridized carbons (Fsp3) is 0.650. The molecule has 164 valence electrons. The van der Waals surface area contributed by atoms with Crippen LogP contribution in [-0.2, 0) is 14.2 Å². The van der Waals surface area contributed by atoms with Gasteiger partial charge < -0.3 is 19.2 Å². The molecule has 2 aromatic heterocycles. The van der Waals surface area contributed by atoms with Crippen LogP contribution in [0.5, 0.6) is 0 Å². The Morgan fingerprint density at radius 1 is 1.37 bits per heavy atom. The molecule has 0 radical (unpaired) electrons. The minimum absolute atomic E-state index is 0.250. The maximum absolute atomic E-state index is 12.9. The summed E-state index contributed by atoms with van der Waals surface area (Å²) in [5, 5.41) is 4.81. The Bertz CT molecular complexity index is 976. The van der Waals surface area contributed by atoms with E-state index in [0.29, 0.717) is 30.4 Å². The SMILES string of the molecule is CC(C)(C)OC(=O)N1CC(OC2CCCCO2)CC1c1nn2ccc(Cl)c2c(=O)[nH]1. The first kappa shape index (κ1) is 21.1. The minimum atomic E-state index is -0.647. The number of ether oxygens (including phenoxy) is 3. The summed E-state index contributed by atoms with van der Waals surface area (Å²) in [6, 6.07) is 1.11. The smallest absolute Gasteiger partial charge is 0.411 e. The first-order valence-electron chi connectivity index (χ1n) is 10.2. The molecule has 2 aliphatic rings. The standard InChI is InChI=1S/C20H27ClN4O5/c1-20(2,3)30-19(27)24-11-12(29-15-6-4-5-9-28-15)10-14(24)17-22-18(26)16-13(21)7-8-25(16)23-17/h7-8,12,14-15H,4-6,9-11H2,1-3H3,(H,22,23,26). The van der Waals surface area contributed by atoms with Gasteiger partial charge in [-0.3, -0.25) is 9.69 Å². The Kier molecular flexibility index (Phi) is 5.78. The van der Waals surface area contributed by atoms with E-state index in [2.05, 4.69) is 10.1 Å². The summed E-state index contributed by atoms with van der Waals surface area (Å²) < 4.78 is 18.8. The topological polar surface area (TPSA) is 98.2 Å². The zero-order valence-corrected chi connectivity index (χ0v) is 18.1. The van der Waals surface area contributed by atoms with Crippen molar-refractivity contribution in [1.82, 2.24) is 19.5 Å². The number of hydrogen-bond donors (Lipinski definition) is 1. The van der Waals surface area contributed by atoms with E-state index in [4.69, 9.17) is 25.8 Å². The number of carbonyl (C=O) groups excluding carboxylic acids is 1. The second-order valence-electron chi connectivity index (χ2n) is 8.73. The Morgan fingerprint density at radius 3 is 2.87 bits per heavy atom. The van der Waals surface area contributed by atoms with E-state index in [1.807, 2.05) is 20.8 Å². The summed E-state index contributed by atoms with van der Waals surface area (Å²) in [6.45, 7) is 6.44. The molecular formula is C20H27ClN4O5. The van der Waals surface area contributed by atoms with Crippen molar-refractivity contribution in [2.75, 3.05) is 13.2 Å². The fourth-order valence-electron chi connectivity index (χ4n) is 3.87. The van der Waals surface area contributed by atoms with Crippen LogP contribution in [0.4, 0.5) is 4.79 Å². The van der Waals surface area contributed by atoms with Crippen LogP contribution in [0.2, 0.25) is 5.02 Å². The fourth-order valence-corrected chi connectivity index (χ4v) is 4.10. The van der Waals surface area contributed by atoms with Crippen molar-refractivity contribution in [2.24, 2.45) is 0 Å². The molecule has 9 nitrogen and oxygen atoms in total. The number of nitrogens with zero attached hydrogens (tertiary/aromatic N) is 3. The van der Waals surface area contributed by atoms with Crippen LogP contribution in [0.15, 0.2) is 17.1 Å². The molecule has 2 aliphatic heterocycles. The van der Waals surface area contributed by atoms with Gasteiger partial charge in [-0.2, -0.15) is 5.10 Å². The minimum Gasteiger partial charge on any atom is -0.444 e. The van der Waals surface area contributed by atoms with Crippen LogP contribution in [0.1, 0.15) is 58.3 Å². The Hall–Kier alpha value is -2.10. The Morgan fingerprint density at radius 2 is 2.17 bits per heavy atom. The molecule has 1 amide bonds. The van der Waals surface area contributed by atoms with Crippen molar-refractivity contribution in [2.45, 2.75) is 70.5 Å². The summed E-state index contributed by atoms with van der Waals surface area (Å²) in [6.07, 6.45) is 4.00. The predicted molar refractivity (Wildman–Crippen MR) is 110 cm³/mol. The number of likely N-dealkylation sites (tertiary alicyclic amines) is 1. The number of amides is 1. The molecule has 30 heavy (non-hydrogen) atoms. The first-order chi connectivity index (χ1) is 14.2. The molecule has 2 fully saturated rings. The van der Waals surface area contributed by atoms with Crippen LogP contribution in [-0.4, -0.2) is 56.7 Å². The highest BCUT2D eigenvalue weighted by atomic mass is 35.5. The van der Waals surface area contributed by atoms with Gasteiger partial charge in [0.2, 0.25) is 0 Å². The van der Waals surface area contributed by atoms with Crippen molar-refractivity contribution in [1.29, 1.82) is 0 Å². The summed E-state index contributed by atoms with van der Waals surface area (Å²) in [7, 11) is 0. The van der Waals surface area contributed by atoms with E-state index in [9.17, 15) is 9.59 Å². The van der Waals surface area contributed by atoms with Crippen molar-refractivity contribution in [3.63, 3.8) is 0 Å². The van der Waals surface area contributed by atoms with E-state index in [1.165, 1.54) is 4.52 Å². The molecule has 10 heteroatoms. The largest absolute Gasteiger partial charge is 0.444 e. The van der Waals surface area contributed by atoms with Gasteiger partial charge in [-0.15, -0.1) is 0 Å². The zero-order chi connectivity index (χ0) is 21.5. The Balaban J connectivity index is 1.61. The third-order valence-corrected chi connectivity index (χ3v) is 5.48. The average Bonchev–Trinajstić information content (AvgIpc) is 3.25. The third kappa shape index (κ3) is 4.48. The van der Waals surface area contributed by atoms with E-state index in [1.54, 1.807) is 17.2 Å². The van der Waals surface area contributed by atoms with Gasteiger partial charge in [-0.25, -0.2) is 9.31 Å². The molecule has 3 atom stereocenters. The van der Waals surface area contributed by atoms with E-state index < -0.39 is 17.7 Å². The maximum Gasteiger partial charge on any atom is 0.411 e. The summed E-state index contributed by atoms with van der Waals surface area (Å²) in [4.78, 5) is 29.8. The number of halogens is 1. The lowest BCUT2D eigenvalue weighted by Crippen LogP contribution is -2.38. The number of nitrogens with one attached hydrogen (secondary N) is 1. The number of carbonyl (C=O) groups is 1. The molecule has 0 aliphatic carbocycles. The van der Waals surface area contributed by atoms with Gasteiger partial charge in [0.15, 0.2) is 12.1 Å². The predicted octanol–water partition coefficient (Wildman–Crippen LogP) is 3.27. The highest BCUT2D eigenvalue weighted by molar-refractivity contribution is 6.33. The molecular weight excluding hydrogens is 412 g/mol. The number of aromatic amines is 1. The quantitative estimate of drug-likeness (QED) is 0.789. The molecule has 2 saturated heterocycles. The van der Waals surface area contributed by atoms with Gasteiger partial charge in [0.25, 0.3) is 5.56 Å². The maximum atomic E-state index is 12.9. The number of rotatable bonds is 3. The lowest BCUT2D eigenvalue weighted by molar-refractivity contribution is -0.185. The molecule has 4 heterocycles. The van der Waals surface area contributed by atoms with Crippen LogP contribution >= 0.6 is 11.6 Å². The van der Waals surface area contributed by atoms with E-state index >= 15 is 0 Å². The molecule has 3 unspecified atom stereocenters. The van der Waals surface area contributed by atoms with Crippen molar-refractivity contribution < 1.29 is 19.0 Å². The molecule has 0 bridgehead atoms. The van der Waals surface area contributed by atoms with Crippen LogP contribution in [0, 0.1) is 0 Å². The van der Waals surface area contributed by atoms with E-state index in [-0.39, 0.29) is 23.5 Å². The normalized spacial score (nSPS) is 25.1. The second kappa shape index (κ2) is 8.20. The molecule has 1 N–H and O–H groups in total. The molecule has 0 saturated carbocycles. The number of fused-ring (bicyclic) bond motifs is 1.